The maximum absolute atomic E-state index is 12.8. The largest absolute Gasteiger partial charge is 0.418 e. The second-order valence-corrected chi connectivity index (χ2v) is 4.72. The maximum Gasteiger partial charge on any atom is 0.418 e. The highest BCUT2D eigenvalue weighted by Gasteiger charge is 2.34. The Morgan fingerprint density at radius 3 is 2.75 bits per heavy atom. The fourth-order valence-corrected chi connectivity index (χ4v) is 2.13. The third-order valence-corrected chi connectivity index (χ3v) is 3.23. The number of morpholine rings is 1. The summed E-state index contributed by atoms with van der Waals surface area (Å²) in [6.07, 6.45) is -4.57. The Labute approximate surface area is 114 Å². The predicted octanol–water partition coefficient (Wildman–Crippen LogP) is 2.15. The molecule has 1 aromatic rings. The number of amides is 1. The fourth-order valence-electron chi connectivity index (χ4n) is 2.13. The van der Waals surface area contributed by atoms with Crippen molar-refractivity contribution >= 4 is 11.6 Å². The number of carbonyl (C=O) groups is 1. The van der Waals surface area contributed by atoms with Crippen molar-refractivity contribution in [2.75, 3.05) is 25.5 Å². The number of nitrogens with zero attached hydrogens (tertiary/aromatic N) is 1. The van der Waals surface area contributed by atoms with E-state index >= 15 is 0 Å². The number of halogens is 3. The third kappa shape index (κ3) is 2.87. The zero-order valence-electron chi connectivity index (χ0n) is 10.9. The van der Waals surface area contributed by atoms with E-state index in [0.29, 0.717) is 19.8 Å². The second-order valence-electron chi connectivity index (χ2n) is 4.72. The first-order chi connectivity index (χ1) is 9.30. The Kier molecular flexibility index (Phi) is 3.89. The molecule has 1 unspecified atom stereocenters. The third-order valence-electron chi connectivity index (χ3n) is 3.23. The van der Waals surface area contributed by atoms with Crippen LogP contribution in [0.3, 0.4) is 0 Å². The van der Waals surface area contributed by atoms with E-state index in [2.05, 4.69) is 0 Å². The van der Waals surface area contributed by atoms with Gasteiger partial charge < -0.3 is 15.4 Å². The van der Waals surface area contributed by atoms with Gasteiger partial charge >= 0.3 is 6.18 Å². The number of nitrogens with two attached hydrogens (primary N) is 1. The van der Waals surface area contributed by atoms with Crippen molar-refractivity contribution in [3.05, 3.63) is 29.3 Å². The number of carbonyl (C=O) groups excluding carboxylic acids is 1. The van der Waals surface area contributed by atoms with Gasteiger partial charge in [0, 0.05) is 17.8 Å². The molecule has 1 aromatic carbocycles. The number of nitrogen functional groups attached to an aromatic ring is 1. The smallest absolute Gasteiger partial charge is 0.398 e. The minimum Gasteiger partial charge on any atom is -0.398 e. The molecular formula is C13H15F3N2O2. The fraction of sp³-hybridized carbons (Fsp3) is 0.462. The Morgan fingerprint density at radius 1 is 1.45 bits per heavy atom. The van der Waals surface area contributed by atoms with E-state index in [1.807, 2.05) is 0 Å². The summed E-state index contributed by atoms with van der Waals surface area (Å²) in [6.45, 7) is 2.93. The van der Waals surface area contributed by atoms with Crippen molar-refractivity contribution in [1.29, 1.82) is 0 Å². The van der Waals surface area contributed by atoms with Gasteiger partial charge in [0.15, 0.2) is 0 Å². The van der Waals surface area contributed by atoms with Crippen molar-refractivity contribution in [3.63, 3.8) is 0 Å². The lowest BCUT2D eigenvalue weighted by Crippen LogP contribution is -2.47. The van der Waals surface area contributed by atoms with Gasteiger partial charge in [-0.1, -0.05) is 0 Å². The number of hydrogen-bond acceptors (Lipinski definition) is 3. The minimum atomic E-state index is -4.57. The van der Waals surface area contributed by atoms with Gasteiger partial charge in [-0.15, -0.1) is 0 Å². The number of anilines is 1. The SMILES string of the molecule is CC1COCCN1C(=O)c1ccc(N)c(C(F)(F)F)c1. The summed E-state index contributed by atoms with van der Waals surface area (Å²) in [5.74, 6) is -0.439. The standard InChI is InChI=1S/C13H15F3N2O2/c1-8-7-20-5-4-18(8)12(19)9-2-3-11(17)10(6-9)13(14,15)16/h2-3,6,8H,4-5,7,17H2,1H3. The summed E-state index contributed by atoms with van der Waals surface area (Å²) in [6, 6.07) is 3.07. The number of benzene rings is 1. The maximum atomic E-state index is 12.8. The van der Waals surface area contributed by atoms with Crippen molar-refractivity contribution in [1.82, 2.24) is 4.90 Å². The molecule has 0 aromatic heterocycles. The molecule has 110 valence electrons. The number of hydrogen-bond donors (Lipinski definition) is 1. The van der Waals surface area contributed by atoms with E-state index in [1.54, 1.807) is 6.92 Å². The molecule has 1 atom stereocenters. The van der Waals surface area contributed by atoms with Crippen LogP contribution < -0.4 is 5.73 Å². The Bertz CT molecular complexity index is 517. The summed E-state index contributed by atoms with van der Waals surface area (Å²) in [5, 5.41) is 0. The molecule has 0 spiro atoms. The Balaban J connectivity index is 2.31. The van der Waals surface area contributed by atoms with Gasteiger partial charge in [0.2, 0.25) is 0 Å². The van der Waals surface area contributed by atoms with Gasteiger partial charge in [-0.05, 0) is 25.1 Å². The Morgan fingerprint density at radius 2 is 2.15 bits per heavy atom. The van der Waals surface area contributed by atoms with Gasteiger partial charge in [0.1, 0.15) is 0 Å². The summed E-state index contributed by atoms with van der Waals surface area (Å²) < 4.78 is 43.6. The van der Waals surface area contributed by atoms with Gasteiger partial charge in [0.05, 0.1) is 24.8 Å². The quantitative estimate of drug-likeness (QED) is 0.806. The van der Waals surface area contributed by atoms with Crippen LogP contribution in [0, 0.1) is 0 Å². The first kappa shape index (κ1) is 14.6. The molecule has 0 bridgehead atoms. The van der Waals surface area contributed by atoms with Crippen LogP contribution >= 0.6 is 0 Å². The predicted molar refractivity (Wildman–Crippen MR) is 67.2 cm³/mol. The van der Waals surface area contributed by atoms with Crippen molar-refractivity contribution in [2.24, 2.45) is 0 Å². The average Bonchev–Trinajstić information content (AvgIpc) is 2.37. The molecule has 1 saturated heterocycles. The molecule has 20 heavy (non-hydrogen) atoms. The Hall–Kier alpha value is -1.76. The van der Waals surface area contributed by atoms with Crippen LogP contribution in [-0.2, 0) is 10.9 Å². The number of alkyl halides is 3. The molecule has 1 fully saturated rings. The lowest BCUT2D eigenvalue weighted by atomic mass is 10.1. The van der Waals surface area contributed by atoms with Crippen molar-refractivity contribution in [2.45, 2.75) is 19.1 Å². The van der Waals surface area contributed by atoms with Gasteiger partial charge in [0.25, 0.3) is 5.91 Å². The van der Waals surface area contributed by atoms with Crippen LogP contribution in [0.15, 0.2) is 18.2 Å². The molecule has 2 N–H and O–H groups in total. The molecule has 0 saturated carbocycles. The summed E-state index contributed by atoms with van der Waals surface area (Å²) in [4.78, 5) is 13.8. The van der Waals surface area contributed by atoms with Crippen LogP contribution in [0.1, 0.15) is 22.8 Å². The van der Waals surface area contributed by atoms with Crippen molar-refractivity contribution < 1.29 is 22.7 Å². The summed E-state index contributed by atoms with van der Waals surface area (Å²) in [7, 11) is 0. The highest BCUT2D eigenvalue weighted by atomic mass is 19.4. The molecule has 1 heterocycles. The topological polar surface area (TPSA) is 55.6 Å². The van der Waals surface area contributed by atoms with Crippen LogP contribution in [0.25, 0.3) is 0 Å². The first-order valence-electron chi connectivity index (χ1n) is 6.16. The highest BCUT2D eigenvalue weighted by Crippen LogP contribution is 2.34. The van der Waals surface area contributed by atoms with E-state index < -0.39 is 17.6 Å². The molecule has 1 amide bonds. The normalized spacial score (nSPS) is 20.0. The van der Waals surface area contributed by atoms with Gasteiger partial charge in [-0.3, -0.25) is 4.79 Å². The van der Waals surface area contributed by atoms with E-state index in [-0.39, 0.29) is 17.3 Å². The molecule has 0 radical (unpaired) electrons. The van der Waals surface area contributed by atoms with Gasteiger partial charge in [-0.25, -0.2) is 0 Å². The van der Waals surface area contributed by atoms with Crippen LogP contribution in [0.2, 0.25) is 0 Å². The van der Waals surface area contributed by atoms with Crippen LogP contribution in [-0.4, -0.2) is 36.6 Å². The molecular weight excluding hydrogens is 273 g/mol. The summed E-state index contributed by atoms with van der Waals surface area (Å²) in [5.41, 5.74) is 3.94. The van der Waals surface area contributed by atoms with Crippen LogP contribution in [0.5, 0.6) is 0 Å². The lowest BCUT2D eigenvalue weighted by Gasteiger charge is -2.33. The van der Waals surface area contributed by atoms with Gasteiger partial charge in [-0.2, -0.15) is 13.2 Å². The first-order valence-corrected chi connectivity index (χ1v) is 6.16. The zero-order chi connectivity index (χ0) is 14.9. The second kappa shape index (κ2) is 5.32. The molecule has 1 aliphatic heterocycles. The van der Waals surface area contributed by atoms with E-state index in [9.17, 15) is 18.0 Å². The summed E-state index contributed by atoms with van der Waals surface area (Å²) >= 11 is 0. The molecule has 2 rings (SSSR count). The van der Waals surface area contributed by atoms with E-state index in [1.165, 1.54) is 11.0 Å². The van der Waals surface area contributed by atoms with Crippen molar-refractivity contribution in [3.8, 4) is 0 Å². The molecule has 1 aliphatic rings. The van der Waals surface area contributed by atoms with Crippen LogP contribution in [0.4, 0.5) is 18.9 Å². The minimum absolute atomic E-state index is 0.0136. The zero-order valence-corrected chi connectivity index (χ0v) is 10.9. The molecule has 4 nitrogen and oxygen atoms in total. The van der Waals surface area contributed by atoms with E-state index in [0.717, 1.165) is 12.1 Å². The molecule has 0 aliphatic carbocycles. The monoisotopic (exact) mass is 288 g/mol. The highest BCUT2D eigenvalue weighted by molar-refractivity contribution is 5.95. The lowest BCUT2D eigenvalue weighted by molar-refractivity contribution is -0.136. The number of ether oxygens (including phenoxy) is 1. The average molecular weight is 288 g/mol. The molecule has 7 heteroatoms. The van der Waals surface area contributed by atoms with E-state index in [4.69, 9.17) is 10.5 Å². The number of rotatable bonds is 1.